The van der Waals surface area contributed by atoms with Crippen molar-refractivity contribution in [2.75, 3.05) is 19.8 Å². The van der Waals surface area contributed by atoms with E-state index in [1.54, 1.807) is 0 Å². The number of hydrogen-bond donors (Lipinski definition) is 0. The molecule has 0 atom stereocenters. The van der Waals surface area contributed by atoms with Crippen molar-refractivity contribution >= 4 is 11.8 Å². The maximum Gasteiger partial charge on any atom is 0.255 e. The fraction of sp³-hybridized carbons (Fsp3) is 0.625. The van der Waals surface area contributed by atoms with E-state index in [-0.39, 0.29) is 25.0 Å². The normalized spacial score (nSPS) is 17.3. The summed E-state index contributed by atoms with van der Waals surface area (Å²) in [5, 5.41) is 8.26. The molecule has 2 amide bonds. The molecule has 5 heteroatoms. The Morgan fingerprint density at radius 1 is 1.38 bits per heavy atom. The van der Waals surface area contributed by atoms with Gasteiger partial charge < -0.3 is 4.74 Å². The molecule has 0 radical (unpaired) electrons. The van der Waals surface area contributed by atoms with Crippen LogP contribution < -0.4 is 0 Å². The minimum Gasteiger partial charge on any atom is -0.362 e. The second-order valence-electron chi connectivity index (χ2n) is 2.69. The maximum atomic E-state index is 11.1. The molecule has 0 aromatic carbocycles. The van der Waals surface area contributed by atoms with Crippen molar-refractivity contribution in [1.82, 2.24) is 4.90 Å². The van der Waals surface area contributed by atoms with Crippen LogP contribution in [0, 0.1) is 11.3 Å². The molecule has 0 saturated carbocycles. The lowest BCUT2D eigenvalue weighted by molar-refractivity contribution is -0.158. The molecule has 1 heterocycles. The van der Waals surface area contributed by atoms with Gasteiger partial charge in [-0.1, -0.05) is 0 Å². The lowest BCUT2D eigenvalue weighted by atomic mass is 10.3. The van der Waals surface area contributed by atoms with Crippen LogP contribution in [0.4, 0.5) is 0 Å². The van der Waals surface area contributed by atoms with Crippen LogP contribution in [0.3, 0.4) is 0 Å². The number of carbonyl (C=O) groups is 2. The Hall–Kier alpha value is -1.41. The second-order valence-corrected chi connectivity index (χ2v) is 2.69. The van der Waals surface area contributed by atoms with E-state index in [1.807, 2.05) is 6.07 Å². The average Bonchev–Trinajstić information content (AvgIpc) is 2.10. The molecule has 1 aliphatic rings. The molecular formula is C8H10N2O3. The van der Waals surface area contributed by atoms with Crippen LogP contribution in [0.2, 0.25) is 0 Å². The maximum absolute atomic E-state index is 11.1. The number of unbranched alkanes of at least 4 members (excludes halogenated alkanes) is 1. The van der Waals surface area contributed by atoms with Crippen LogP contribution >= 0.6 is 0 Å². The molecule has 70 valence electrons. The minimum atomic E-state index is -0.311. The highest BCUT2D eigenvalue weighted by atomic mass is 16.5. The molecule has 1 aliphatic heterocycles. The number of morpholine rings is 1. The van der Waals surface area contributed by atoms with Gasteiger partial charge in [-0.15, -0.1) is 0 Å². The fourth-order valence-corrected chi connectivity index (χ4v) is 1.09. The number of amides is 2. The van der Waals surface area contributed by atoms with E-state index >= 15 is 0 Å². The number of ether oxygens (including phenoxy) is 1. The van der Waals surface area contributed by atoms with E-state index in [9.17, 15) is 9.59 Å². The van der Waals surface area contributed by atoms with Crippen LogP contribution in [0.1, 0.15) is 12.8 Å². The second kappa shape index (κ2) is 4.58. The van der Waals surface area contributed by atoms with Crippen molar-refractivity contribution < 1.29 is 14.3 Å². The standard InChI is InChI=1S/C8H10N2O3/c9-3-1-2-4-10-7(11)5-13-6-8(10)12/h1-2,4-6H2. The summed E-state index contributed by atoms with van der Waals surface area (Å²) < 4.78 is 4.72. The summed E-state index contributed by atoms with van der Waals surface area (Å²) in [6.45, 7) is 0.269. The molecule has 1 saturated heterocycles. The van der Waals surface area contributed by atoms with Crippen LogP contribution in [-0.2, 0) is 14.3 Å². The molecule has 0 N–H and O–H groups in total. The number of carbonyl (C=O) groups excluding carboxylic acids is 2. The van der Waals surface area contributed by atoms with Gasteiger partial charge in [0.15, 0.2) is 0 Å². The Bertz CT molecular complexity index is 241. The number of rotatable bonds is 3. The quantitative estimate of drug-likeness (QED) is 0.443. The van der Waals surface area contributed by atoms with Gasteiger partial charge >= 0.3 is 0 Å². The largest absolute Gasteiger partial charge is 0.362 e. The average molecular weight is 182 g/mol. The van der Waals surface area contributed by atoms with Crippen LogP contribution in [-0.4, -0.2) is 36.5 Å². The van der Waals surface area contributed by atoms with E-state index in [0.29, 0.717) is 19.4 Å². The molecule has 5 nitrogen and oxygen atoms in total. The summed E-state index contributed by atoms with van der Waals surface area (Å²) in [4.78, 5) is 23.3. The van der Waals surface area contributed by atoms with Crippen molar-refractivity contribution in [1.29, 1.82) is 5.26 Å². The zero-order valence-electron chi connectivity index (χ0n) is 7.15. The summed E-state index contributed by atoms with van der Waals surface area (Å²) >= 11 is 0. The summed E-state index contributed by atoms with van der Waals surface area (Å²) in [6, 6.07) is 1.96. The summed E-state index contributed by atoms with van der Waals surface area (Å²) in [5.41, 5.74) is 0. The lowest BCUT2D eigenvalue weighted by Gasteiger charge is -2.24. The number of nitriles is 1. The zero-order valence-corrected chi connectivity index (χ0v) is 7.15. The predicted octanol–water partition coefficient (Wildman–Crippen LogP) is -0.324. The monoisotopic (exact) mass is 182 g/mol. The van der Waals surface area contributed by atoms with Gasteiger partial charge in [0.1, 0.15) is 13.2 Å². The van der Waals surface area contributed by atoms with E-state index in [1.165, 1.54) is 0 Å². The lowest BCUT2D eigenvalue weighted by Crippen LogP contribution is -2.46. The third-order valence-electron chi connectivity index (χ3n) is 1.72. The first kappa shape index (κ1) is 9.68. The molecule has 13 heavy (non-hydrogen) atoms. The first-order chi connectivity index (χ1) is 6.25. The Morgan fingerprint density at radius 2 is 2.00 bits per heavy atom. The Labute approximate surface area is 75.9 Å². The van der Waals surface area contributed by atoms with Gasteiger partial charge in [-0.2, -0.15) is 5.26 Å². The van der Waals surface area contributed by atoms with E-state index in [0.717, 1.165) is 4.90 Å². The van der Waals surface area contributed by atoms with Crippen LogP contribution in [0.5, 0.6) is 0 Å². The van der Waals surface area contributed by atoms with Gasteiger partial charge in [-0.25, -0.2) is 0 Å². The van der Waals surface area contributed by atoms with Gasteiger partial charge in [0.2, 0.25) is 0 Å². The minimum absolute atomic E-state index is 0.0295. The van der Waals surface area contributed by atoms with Gasteiger partial charge in [0, 0.05) is 13.0 Å². The molecule has 0 aliphatic carbocycles. The van der Waals surface area contributed by atoms with Gasteiger partial charge in [0.05, 0.1) is 6.07 Å². The molecular weight excluding hydrogens is 172 g/mol. The van der Waals surface area contributed by atoms with Gasteiger partial charge in [-0.05, 0) is 6.42 Å². The number of nitrogens with zero attached hydrogens (tertiary/aromatic N) is 2. The molecule has 0 aromatic rings. The van der Waals surface area contributed by atoms with Crippen molar-refractivity contribution in [2.24, 2.45) is 0 Å². The van der Waals surface area contributed by atoms with Crippen LogP contribution in [0.15, 0.2) is 0 Å². The fourth-order valence-electron chi connectivity index (χ4n) is 1.09. The Balaban J connectivity index is 2.41. The van der Waals surface area contributed by atoms with Gasteiger partial charge in [0.25, 0.3) is 11.8 Å². The smallest absolute Gasteiger partial charge is 0.255 e. The first-order valence-corrected chi connectivity index (χ1v) is 4.03. The van der Waals surface area contributed by atoms with Crippen molar-refractivity contribution in [3.63, 3.8) is 0 Å². The molecule has 1 rings (SSSR count). The molecule has 0 unspecified atom stereocenters. The molecule has 0 bridgehead atoms. The predicted molar refractivity (Wildman–Crippen MR) is 42.4 cm³/mol. The van der Waals surface area contributed by atoms with Crippen LogP contribution in [0.25, 0.3) is 0 Å². The highest BCUT2D eigenvalue weighted by Crippen LogP contribution is 2.02. The first-order valence-electron chi connectivity index (χ1n) is 4.03. The zero-order chi connectivity index (χ0) is 9.68. The molecule has 1 fully saturated rings. The Morgan fingerprint density at radius 3 is 2.54 bits per heavy atom. The summed E-state index contributed by atoms with van der Waals surface area (Å²) in [6.07, 6.45) is 0.895. The third-order valence-corrected chi connectivity index (χ3v) is 1.72. The summed E-state index contributed by atoms with van der Waals surface area (Å²) in [7, 11) is 0. The highest BCUT2D eigenvalue weighted by molar-refractivity contribution is 5.98. The van der Waals surface area contributed by atoms with Crippen molar-refractivity contribution in [3.05, 3.63) is 0 Å². The van der Waals surface area contributed by atoms with E-state index < -0.39 is 0 Å². The van der Waals surface area contributed by atoms with Gasteiger partial charge in [-0.3, -0.25) is 14.5 Å². The number of hydrogen-bond acceptors (Lipinski definition) is 4. The number of imide groups is 1. The van der Waals surface area contributed by atoms with E-state index in [2.05, 4.69) is 0 Å². The summed E-state index contributed by atoms with van der Waals surface area (Å²) in [5.74, 6) is -0.622. The highest BCUT2D eigenvalue weighted by Gasteiger charge is 2.25. The van der Waals surface area contributed by atoms with Crippen molar-refractivity contribution in [2.45, 2.75) is 12.8 Å². The van der Waals surface area contributed by atoms with Crippen molar-refractivity contribution in [3.8, 4) is 6.07 Å². The third kappa shape index (κ3) is 2.53. The topological polar surface area (TPSA) is 70.4 Å². The molecule has 0 aromatic heterocycles. The molecule has 0 spiro atoms. The Kier molecular flexibility index (Phi) is 3.41. The van der Waals surface area contributed by atoms with E-state index in [4.69, 9.17) is 10.00 Å². The SMILES string of the molecule is N#CCCCN1C(=O)COCC1=O.